The van der Waals surface area contributed by atoms with Gasteiger partial charge in [0.1, 0.15) is 0 Å². The fourth-order valence-electron chi connectivity index (χ4n) is 4.20. The Hall–Kier alpha value is -1.02. The first-order valence-corrected chi connectivity index (χ1v) is 11.3. The molecule has 1 atom stereocenters. The molecule has 0 amide bonds. The van der Waals surface area contributed by atoms with E-state index in [1.807, 2.05) is 12.3 Å². The van der Waals surface area contributed by atoms with E-state index in [1.54, 1.807) is 0 Å². The van der Waals surface area contributed by atoms with Gasteiger partial charge in [-0.25, -0.2) is 13.1 Å². The maximum Gasteiger partial charge on any atom is 0.214 e. The van der Waals surface area contributed by atoms with Gasteiger partial charge < -0.3 is 4.74 Å². The number of sulfonamides is 1. The molecule has 1 N–H and O–H groups in total. The third-order valence-corrected chi connectivity index (χ3v) is 8.06. The van der Waals surface area contributed by atoms with Crippen LogP contribution in [0.3, 0.4) is 0 Å². The third-order valence-electron chi connectivity index (χ3n) is 6.05. The zero-order chi connectivity index (χ0) is 18.2. The maximum absolute atomic E-state index is 12.3. The maximum atomic E-state index is 12.3. The number of rotatable bonds is 5. The second kappa shape index (κ2) is 7.19. The predicted molar refractivity (Wildman–Crippen MR) is 100 cm³/mol. The van der Waals surface area contributed by atoms with Crippen molar-refractivity contribution in [2.24, 2.45) is 0 Å². The Labute approximate surface area is 156 Å². The fourth-order valence-corrected chi connectivity index (χ4v) is 5.81. The molecule has 1 aliphatic carbocycles. The van der Waals surface area contributed by atoms with Crippen LogP contribution in [0.4, 0.5) is 0 Å². The summed E-state index contributed by atoms with van der Waals surface area (Å²) in [4.78, 5) is 6.93. The van der Waals surface area contributed by atoms with E-state index in [0.29, 0.717) is 6.61 Å². The first-order valence-electron chi connectivity index (χ1n) is 9.74. The smallest absolute Gasteiger partial charge is 0.214 e. The second-order valence-corrected chi connectivity index (χ2v) is 10.1. The molecule has 2 aliphatic heterocycles. The van der Waals surface area contributed by atoms with E-state index in [9.17, 15) is 8.42 Å². The first-order chi connectivity index (χ1) is 12.5. The number of nitrogens with one attached hydrogen (secondary N) is 1. The van der Waals surface area contributed by atoms with Crippen LogP contribution in [0, 0.1) is 6.92 Å². The third kappa shape index (κ3) is 4.11. The van der Waals surface area contributed by atoms with Gasteiger partial charge in [0.05, 0.1) is 16.5 Å². The molecule has 1 spiro atoms. The Morgan fingerprint density at radius 1 is 1.31 bits per heavy atom. The SMILES string of the molecule is Cc1cccnc1CN1CCC2(CC1)CC(NS(=O)(=O)C1CC1)CCO2. The summed E-state index contributed by atoms with van der Waals surface area (Å²) in [7, 11) is -3.12. The lowest BCUT2D eigenvalue weighted by molar-refractivity contribution is -0.118. The second-order valence-electron chi connectivity index (χ2n) is 8.13. The summed E-state index contributed by atoms with van der Waals surface area (Å²) in [6.07, 6.45) is 6.98. The number of aromatic nitrogens is 1. The van der Waals surface area contributed by atoms with E-state index in [-0.39, 0.29) is 16.9 Å². The van der Waals surface area contributed by atoms with E-state index >= 15 is 0 Å². The van der Waals surface area contributed by atoms with Crippen molar-refractivity contribution < 1.29 is 13.2 Å². The molecule has 7 heteroatoms. The number of ether oxygens (including phenoxy) is 1. The summed E-state index contributed by atoms with van der Waals surface area (Å²) in [6, 6.07) is 4.11. The molecule has 1 aromatic rings. The zero-order valence-corrected chi connectivity index (χ0v) is 16.3. The van der Waals surface area contributed by atoms with Gasteiger partial charge >= 0.3 is 0 Å². The van der Waals surface area contributed by atoms with Gasteiger partial charge in [-0.3, -0.25) is 9.88 Å². The number of hydrogen-bond acceptors (Lipinski definition) is 5. The Balaban J connectivity index is 1.33. The molecule has 4 rings (SSSR count). The Bertz CT molecular complexity index is 740. The highest BCUT2D eigenvalue weighted by atomic mass is 32.2. The number of aryl methyl sites for hydroxylation is 1. The van der Waals surface area contributed by atoms with Crippen LogP contribution in [0.15, 0.2) is 18.3 Å². The van der Waals surface area contributed by atoms with Crippen LogP contribution in [0.25, 0.3) is 0 Å². The Kier molecular flexibility index (Phi) is 5.07. The molecule has 1 aromatic heterocycles. The number of piperidine rings is 1. The van der Waals surface area contributed by atoms with Crippen LogP contribution in [-0.4, -0.2) is 54.9 Å². The highest BCUT2D eigenvalue weighted by molar-refractivity contribution is 7.90. The van der Waals surface area contributed by atoms with Gasteiger partial charge in [-0.1, -0.05) is 6.07 Å². The summed E-state index contributed by atoms with van der Waals surface area (Å²) in [5, 5.41) is -0.148. The van der Waals surface area contributed by atoms with E-state index in [1.165, 1.54) is 5.56 Å². The molecule has 0 bridgehead atoms. The largest absolute Gasteiger partial charge is 0.375 e. The van der Waals surface area contributed by atoms with E-state index < -0.39 is 10.0 Å². The lowest BCUT2D eigenvalue weighted by atomic mass is 9.82. The number of hydrogen-bond donors (Lipinski definition) is 1. The summed E-state index contributed by atoms with van der Waals surface area (Å²) in [5.41, 5.74) is 2.21. The standard InChI is InChI=1S/C19H29N3O3S/c1-15-3-2-9-20-18(15)14-22-10-7-19(8-11-22)13-16(6-12-25-19)21-26(23,24)17-4-5-17/h2-3,9,16-17,21H,4-8,10-14H2,1H3. The highest BCUT2D eigenvalue weighted by Crippen LogP contribution is 2.36. The average Bonchev–Trinajstić information content (AvgIpc) is 3.45. The van der Waals surface area contributed by atoms with Crippen LogP contribution < -0.4 is 4.72 Å². The van der Waals surface area contributed by atoms with E-state index in [0.717, 1.165) is 63.9 Å². The van der Waals surface area contributed by atoms with Crippen molar-refractivity contribution in [2.75, 3.05) is 19.7 Å². The average molecular weight is 380 g/mol. The van der Waals surface area contributed by atoms with Gasteiger partial charge in [0, 0.05) is 38.5 Å². The van der Waals surface area contributed by atoms with E-state index in [2.05, 4.69) is 27.6 Å². The monoisotopic (exact) mass is 379 g/mol. The lowest BCUT2D eigenvalue weighted by Gasteiger charge is -2.46. The zero-order valence-electron chi connectivity index (χ0n) is 15.5. The lowest BCUT2D eigenvalue weighted by Crippen LogP contribution is -2.53. The van der Waals surface area contributed by atoms with Gasteiger partial charge in [0.25, 0.3) is 0 Å². The van der Waals surface area contributed by atoms with Gasteiger partial charge in [-0.15, -0.1) is 0 Å². The van der Waals surface area contributed by atoms with Crippen molar-refractivity contribution >= 4 is 10.0 Å². The molecule has 1 saturated carbocycles. The van der Waals surface area contributed by atoms with Crippen molar-refractivity contribution in [3.63, 3.8) is 0 Å². The fraction of sp³-hybridized carbons (Fsp3) is 0.737. The molecule has 0 radical (unpaired) electrons. The van der Waals surface area contributed by atoms with Crippen LogP contribution in [-0.2, 0) is 21.3 Å². The quantitative estimate of drug-likeness (QED) is 0.847. The Morgan fingerprint density at radius 2 is 2.08 bits per heavy atom. The van der Waals surface area contributed by atoms with Crippen LogP contribution in [0.2, 0.25) is 0 Å². The van der Waals surface area contributed by atoms with Gasteiger partial charge in [-0.05, 0) is 57.1 Å². The topological polar surface area (TPSA) is 71.5 Å². The van der Waals surface area contributed by atoms with Crippen molar-refractivity contribution in [3.05, 3.63) is 29.6 Å². The Morgan fingerprint density at radius 3 is 2.77 bits per heavy atom. The van der Waals surface area contributed by atoms with Crippen molar-refractivity contribution in [3.8, 4) is 0 Å². The molecule has 3 fully saturated rings. The number of likely N-dealkylation sites (tertiary alicyclic amines) is 1. The predicted octanol–water partition coefficient (Wildman–Crippen LogP) is 1.99. The van der Waals surface area contributed by atoms with Gasteiger partial charge in [0.2, 0.25) is 10.0 Å². The van der Waals surface area contributed by atoms with Gasteiger partial charge in [-0.2, -0.15) is 0 Å². The molecular formula is C19H29N3O3S. The van der Waals surface area contributed by atoms with Crippen molar-refractivity contribution in [2.45, 2.75) is 68.9 Å². The molecule has 26 heavy (non-hydrogen) atoms. The minimum Gasteiger partial charge on any atom is -0.375 e. The summed E-state index contributed by atoms with van der Waals surface area (Å²) in [6.45, 7) is 5.57. The molecule has 2 saturated heterocycles. The van der Waals surface area contributed by atoms with Crippen LogP contribution >= 0.6 is 0 Å². The minimum absolute atomic E-state index is 0.0268. The molecular weight excluding hydrogens is 350 g/mol. The molecule has 6 nitrogen and oxygen atoms in total. The van der Waals surface area contributed by atoms with Gasteiger partial charge in [0.15, 0.2) is 0 Å². The number of pyridine rings is 1. The summed E-state index contributed by atoms with van der Waals surface area (Å²) < 4.78 is 33.6. The van der Waals surface area contributed by atoms with Crippen molar-refractivity contribution in [1.82, 2.24) is 14.6 Å². The van der Waals surface area contributed by atoms with Crippen LogP contribution in [0.5, 0.6) is 0 Å². The summed E-state index contributed by atoms with van der Waals surface area (Å²) >= 11 is 0. The molecule has 0 aromatic carbocycles. The molecule has 3 aliphatic rings. The number of nitrogens with zero attached hydrogens (tertiary/aromatic N) is 2. The molecule has 144 valence electrons. The highest BCUT2D eigenvalue weighted by Gasteiger charge is 2.43. The normalized spacial score (nSPS) is 26.9. The molecule has 1 unspecified atom stereocenters. The molecule has 3 heterocycles. The van der Waals surface area contributed by atoms with E-state index in [4.69, 9.17) is 4.74 Å². The minimum atomic E-state index is -3.12. The summed E-state index contributed by atoms with van der Waals surface area (Å²) in [5.74, 6) is 0. The van der Waals surface area contributed by atoms with Crippen LogP contribution in [0.1, 0.15) is 49.8 Å². The first kappa shape index (κ1) is 18.3. The van der Waals surface area contributed by atoms with Crippen molar-refractivity contribution in [1.29, 1.82) is 0 Å².